The molecule has 0 spiro atoms. The molecule has 2 rings (SSSR count). The summed E-state index contributed by atoms with van der Waals surface area (Å²) in [4.78, 5) is 21.8. The standard InChI is InChI=1S/C13H12N4O3/c1-16-6-5-10(9-16)8-14-15-13(18)11-3-2-4-12(7-11)17(19)20/h2-9H,1H3,(H,15,18)/b14-8-. The van der Waals surface area contributed by atoms with E-state index in [1.165, 1.54) is 30.5 Å². The molecular formula is C13H12N4O3. The molecule has 20 heavy (non-hydrogen) atoms. The lowest BCUT2D eigenvalue weighted by atomic mass is 10.2. The van der Waals surface area contributed by atoms with Gasteiger partial charge in [-0.05, 0) is 12.1 Å². The summed E-state index contributed by atoms with van der Waals surface area (Å²) in [5, 5.41) is 14.4. The number of nitrogens with zero attached hydrogens (tertiary/aromatic N) is 3. The molecule has 0 aliphatic rings. The summed E-state index contributed by atoms with van der Waals surface area (Å²) in [6, 6.07) is 7.30. The first kappa shape index (κ1) is 13.5. The van der Waals surface area contributed by atoms with Gasteiger partial charge in [-0.2, -0.15) is 5.10 Å². The number of nitrogens with one attached hydrogen (secondary N) is 1. The topological polar surface area (TPSA) is 89.5 Å². The molecule has 102 valence electrons. The smallest absolute Gasteiger partial charge is 0.271 e. The van der Waals surface area contributed by atoms with Gasteiger partial charge in [-0.1, -0.05) is 6.07 Å². The number of nitro benzene ring substituents is 1. The first-order chi connectivity index (χ1) is 9.56. The third kappa shape index (κ3) is 3.29. The van der Waals surface area contributed by atoms with E-state index >= 15 is 0 Å². The quantitative estimate of drug-likeness (QED) is 0.521. The van der Waals surface area contributed by atoms with Gasteiger partial charge in [-0.25, -0.2) is 5.43 Å². The fourth-order valence-corrected chi connectivity index (χ4v) is 1.59. The number of non-ortho nitro benzene ring substituents is 1. The number of nitro groups is 1. The average Bonchev–Trinajstić information content (AvgIpc) is 2.84. The molecule has 1 heterocycles. The van der Waals surface area contributed by atoms with Crippen LogP contribution in [-0.4, -0.2) is 21.6 Å². The highest BCUT2D eigenvalue weighted by Crippen LogP contribution is 2.12. The Morgan fingerprint density at radius 2 is 2.25 bits per heavy atom. The van der Waals surface area contributed by atoms with Crippen molar-refractivity contribution in [2.24, 2.45) is 12.1 Å². The molecule has 0 saturated carbocycles. The van der Waals surface area contributed by atoms with Crippen molar-refractivity contribution in [2.45, 2.75) is 0 Å². The second-order valence-electron chi connectivity index (χ2n) is 4.12. The van der Waals surface area contributed by atoms with E-state index in [1.54, 1.807) is 0 Å². The lowest BCUT2D eigenvalue weighted by molar-refractivity contribution is -0.384. The van der Waals surface area contributed by atoms with Crippen LogP contribution in [0, 0.1) is 10.1 Å². The van der Waals surface area contributed by atoms with E-state index in [0.717, 1.165) is 5.56 Å². The van der Waals surface area contributed by atoms with Gasteiger partial charge in [-0.3, -0.25) is 14.9 Å². The highest BCUT2D eigenvalue weighted by molar-refractivity contribution is 5.95. The second-order valence-corrected chi connectivity index (χ2v) is 4.12. The van der Waals surface area contributed by atoms with Gasteiger partial charge < -0.3 is 4.57 Å². The van der Waals surface area contributed by atoms with Gasteiger partial charge in [-0.15, -0.1) is 0 Å². The van der Waals surface area contributed by atoms with E-state index in [4.69, 9.17) is 0 Å². The Balaban J connectivity index is 2.03. The molecule has 2 aromatic rings. The minimum atomic E-state index is -0.552. The van der Waals surface area contributed by atoms with Crippen LogP contribution in [0.25, 0.3) is 0 Å². The van der Waals surface area contributed by atoms with Crippen LogP contribution < -0.4 is 5.43 Å². The fraction of sp³-hybridized carbons (Fsp3) is 0.0769. The fourth-order valence-electron chi connectivity index (χ4n) is 1.59. The number of hydrazone groups is 1. The first-order valence-electron chi connectivity index (χ1n) is 5.76. The van der Waals surface area contributed by atoms with Crippen LogP contribution in [0.2, 0.25) is 0 Å². The van der Waals surface area contributed by atoms with Gasteiger partial charge in [0.15, 0.2) is 0 Å². The van der Waals surface area contributed by atoms with Crippen LogP contribution >= 0.6 is 0 Å². The second kappa shape index (κ2) is 5.79. The monoisotopic (exact) mass is 272 g/mol. The number of amides is 1. The molecule has 0 aliphatic heterocycles. The zero-order valence-corrected chi connectivity index (χ0v) is 10.7. The average molecular weight is 272 g/mol. The van der Waals surface area contributed by atoms with E-state index in [-0.39, 0.29) is 11.3 Å². The summed E-state index contributed by atoms with van der Waals surface area (Å²) in [5.41, 5.74) is 3.21. The predicted molar refractivity (Wildman–Crippen MR) is 73.6 cm³/mol. The van der Waals surface area contributed by atoms with Crippen molar-refractivity contribution < 1.29 is 9.72 Å². The van der Waals surface area contributed by atoms with Crippen LogP contribution in [0.3, 0.4) is 0 Å². The van der Waals surface area contributed by atoms with Crippen molar-refractivity contribution in [1.29, 1.82) is 0 Å². The third-order valence-corrected chi connectivity index (χ3v) is 2.55. The van der Waals surface area contributed by atoms with E-state index in [9.17, 15) is 14.9 Å². The van der Waals surface area contributed by atoms with Gasteiger partial charge in [0.2, 0.25) is 0 Å². The van der Waals surface area contributed by atoms with E-state index in [2.05, 4.69) is 10.5 Å². The summed E-state index contributed by atoms with van der Waals surface area (Å²) < 4.78 is 1.85. The van der Waals surface area contributed by atoms with Crippen LogP contribution in [0.1, 0.15) is 15.9 Å². The predicted octanol–water partition coefficient (Wildman–Crippen LogP) is 1.70. The minimum Gasteiger partial charge on any atom is -0.357 e. The van der Waals surface area contributed by atoms with Gasteiger partial charge in [0.1, 0.15) is 0 Å². The number of benzene rings is 1. The maximum Gasteiger partial charge on any atom is 0.271 e. The molecule has 0 radical (unpaired) electrons. The molecular weight excluding hydrogens is 260 g/mol. The Bertz CT molecular complexity index is 676. The summed E-state index contributed by atoms with van der Waals surface area (Å²) in [6.07, 6.45) is 5.18. The Morgan fingerprint density at radius 1 is 1.45 bits per heavy atom. The lowest BCUT2D eigenvalue weighted by Gasteiger charge is -1.99. The number of hydrogen-bond acceptors (Lipinski definition) is 4. The van der Waals surface area contributed by atoms with Crippen LogP contribution in [0.5, 0.6) is 0 Å². The Morgan fingerprint density at radius 3 is 2.90 bits per heavy atom. The maximum atomic E-state index is 11.8. The number of rotatable bonds is 4. The van der Waals surface area contributed by atoms with Crippen molar-refractivity contribution in [1.82, 2.24) is 9.99 Å². The Hall–Kier alpha value is -2.96. The SMILES string of the molecule is Cn1ccc(/C=N\NC(=O)c2cccc([N+](=O)[O-])c2)c1. The summed E-state index contributed by atoms with van der Waals surface area (Å²) in [7, 11) is 1.87. The maximum absolute atomic E-state index is 11.8. The van der Waals surface area contributed by atoms with Crippen molar-refractivity contribution in [3.05, 3.63) is 64.0 Å². The molecule has 1 N–H and O–H groups in total. The zero-order chi connectivity index (χ0) is 14.5. The van der Waals surface area contributed by atoms with Crippen molar-refractivity contribution >= 4 is 17.8 Å². The van der Waals surface area contributed by atoms with E-state index in [1.807, 2.05) is 30.1 Å². The summed E-state index contributed by atoms with van der Waals surface area (Å²) in [6.45, 7) is 0. The van der Waals surface area contributed by atoms with Gasteiger partial charge in [0.25, 0.3) is 11.6 Å². The molecule has 0 atom stereocenters. The molecule has 0 unspecified atom stereocenters. The molecule has 7 nitrogen and oxygen atoms in total. The summed E-state index contributed by atoms with van der Waals surface area (Å²) >= 11 is 0. The van der Waals surface area contributed by atoms with E-state index < -0.39 is 10.8 Å². The van der Waals surface area contributed by atoms with Crippen LogP contribution in [0.15, 0.2) is 47.8 Å². The minimum absolute atomic E-state index is 0.135. The highest BCUT2D eigenvalue weighted by Gasteiger charge is 2.10. The molecule has 1 aromatic heterocycles. The lowest BCUT2D eigenvalue weighted by Crippen LogP contribution is -2.17. The van der Waals surface area contributed by atoms with Crippen LogP contribution in [0.4, 0.5) is 5.69 Å². The van der Waals surface area contributed by atoms with Crippen molar-refractivity contribution in [2.75, 3.05) is 0 Å². The number of aryl methyl sites for hydroxylation is 1. The molecule has 0 bridgehead atoms. The largest absolute Gasteiger partial charge is 0.357 e. The van der Waals surface area contributed by atoms with E-state index in [0.29, 0.717) is 0 Å². The highest BCUT2D eigenvalue weighted by atomic mass is 16.6. The molecule has 0 fully saturated rings. The Kier molecular flexibility index (Phi) is 3.90. The molecule has 0 saturated heterocycles. The third-order valence-electron chi connectivity index (χ3n) is 2.55. The van der Waals surface area contributed by atoms with Gasteiger partial charge in [0.05, 0.1) is 11.1 Å². The molecule has 7 heteroatoms. The van der Waals surface area contributed by atoms with Gasteiger partial charge >= 0.3 is 0 Å². The molecule has 0 aliphatic carbocycles. The van der Waals surface area contributed by atoms with Gasteiger partial charge in [0, 0.05) is 42.7 Å². The summed E-state index contributed by atoms with van der Waals surface area (Å²) in [5.74, 6) is -0.499. The molecule has 1 aromatic carbocycles. The first-order valence-corrected chi connectivity index (χ1v) is 5.76. The number of hydrogen-bond donors (Lipinski definition) is 1. The zero-order valence-electron chi connectivity index (χ0n) is 10.7. The number of aromatic nitrogens is 1. The Labute approximate surface area is 114 Å². The molecule has 1 amide bonds. The van der Waals surface area contributed by atoms with Crippen molar-refractivity contribution in [3.8, 4) is 0 Å². The number of carbonyl (C=O) groups excluding carboxylic acids is 1. The normalized spacial score (nSPS) is 10.7. The number of carbonyl (C=O) groups is 1. The van der Waals surface area contributed by atoms with Crippen LogP contribution in [-0.2, 0) is 7.05 Å². The van der Waals surface area contributed by atoms with Crippen molar-refractivity contribution in [3.63, 3.8) is 0 Å².